The maximum Gasteiger partial charge on any atom is 0.166 e. The molecule has 1 fully saturated rings. The first kappa shape index (κ1) is 14.8. The van der Waals surface area contributed by atoms with Crippen LogP contribution >= 0.6 is 0 Å². The maximum atomic E-state index is 10.0. The Balaban J connectivity index is 1.85. The molecule has 1 aromatic rings. The number of hydrogen-bond donors (Lipinski definition) is 1. The smallest absolute Gasteiger partial charge is 0.166 e. The van der Waals surface area contributed by atoms with E-state index in [1.54, 1.807) is 12.3 Å². The lowest BCUT2D eigenvalue weighted by atomic mass is 10.2. The van der Waals surface area contributed by atoms with Gasteiger partial charge in [0.05, 0.1) is 26.4 Å². The van der Waals surface area contributed by atoms with E-state index >= 15 is 0 Å². The van der Waals surface area contributed by atoms with Crippen molar-refractivity contribution in [2.75, 3.05) is 46.0 Å². The van der Waals surface area contributed by atoms with Gasteiger partial charge >= 0.3 is 0 Å². The molecular formula is C15H22N2O3. The van der Waals surface area contributed by atoms with Crippen LogP contribution in [-0.2, 0) is 4.74 Å². The molecule has 0 amide bonds. The second-order valence-corrected chi connectivity index (χ2v) is 4.62. The standard InChI is InChI=1S/C15H22N2O3/c1-2-20-14-5-3-4-13(15(14)18)12-16-6-7-17-8-10-19-11-9-17/h3-5,12,18H,2,6-11H2,1H3. The molecule has 0 unspecified atom stereocenters. The molecule has 0 radical (unpaired) electrons. The van der Waals surface area contributed by atoms with Crippen molar-refractivity contribution in [2.45, 2.75) is 6.92 Å². The van der Waals surface area contributed by atoms with Crippen molar-refractivity contribution in [3.63, 3.8) is 0 Å². The van der Waals surface area contributed by atoms with E-state index in [0.29, 0.717) is 17.9 Å². The first-order valence-electron chi connectivity index (χ1n) is 7.06. The number of hydrogen-bond acceptors (Lipinski definition) is 5. The van der Waals surface area contributed by atoms with Crippen molar-refractivity contribution >= 4 is 6.21 Å². The third-order valence-corrected chi connectivity index (χ3v) is 3.21. The molecule has 1 N–H and O–H groups in total. The average Bonchev–Trinajstić information content (AvgIpc) is 2.48. The Labute approximate surface area is 119 Å². The van der Waals surface area contributed by atoms with E-state index in [9.17, 15) is 5.11 Å². The molecule has 1 aliphatic heterocycles. The molecule has 5 nitrogen and oxygen atoms in total. The molecule has 110 valence electrons. The first-order chi connectivity index (χ1) is 9.81. The number of benzene rings is 1. The summed E-state index contributed by atoms with van der Waals surface area (Å²) in [6.07, 6.45) is 1.71. The quantitative estimate of drug-likeness (QED) is 0.802. The van der Waals surface area contributed by atoms with E-state index in [-0.39, 0.29) is 5.75 Å². The summed E-state index contributed by atoms with van der Waals surface area (Å²) in [5.74, 6) is 0.661. The highest BCUT2D eigenvalue weighted by molar-refractivity contribution is 5.84. The Hall–Kier alpha value is -1.59. The van der Waals surface area contributed by atoms with Gasteiger partial charge in [0.1, 0.15) is 0 Å². The Morgan fingerprint density at radius 1 is 1.40 bits per heavy atom. The average molecular weight is 278 g/mol. The number of aromatic hydroxyl groups is 1. The van der Waals surface area contributed by atoms with Gasteiger partial charge in [0.2, 0.25) is 0 Å². The summed E-state index contributed by atoms with van der Waals surface area (Å²) in [5, 5.41) is 10.0. The van der Waals surface area contributed by atoms with Crippen LogP contribution in [0.5, 0.6) is 11.5 Å². The molecule has 2 rings (SSSR count). The van der Waals surface area contributed by atoms with Crippen molar-refractivity contribution < 1.29 is 14.6 Å². The zero-order chi connectivity index (χ0) is 14.2. The summed E-state index contributed by atoms with van der Waals surface area (Å²) in [7, 11) is 0. The topological polar surface area (TPSA) is 54.3 Å². The number of phenols is 1. The van der Waals surface area contributed by atoms with Gasteiger partial charge in [-0.1, -0.05) is 6.07 Å². The fourth-order valence-corrected chi connectivity index (χ4v) is 2.10. The van der Waals surface area contributed by atoms with Crippen molar-refractivity contribution in [1.29, 1.82) is 0 Å². The Bertz CT molecular complexity index is 443. The lowest BCUT2D eigenvalue weighted by molar-refractivity contribution is 0.0395. The fourth-order valence-electron chi connectivity index (χ4n) is 2.10. The maximum absolute atomic E-state index is 10.0. The van der Waals surface area contributed by atoms with E-state index < -0.39 is 0 Å². The zero-order valence-corrected chi connectivity index (χ0v) is 11.9. The lowest BCUT2D eigenvalue weighted by Gasteiger charge is -2.25. The van der Waals surface area contributed by atoms with Crippen molar-refractivity contribution in [1.82, 2.24) is 4.90 Å². The SMILES string of the molecule is CCOc1cccc(C=NCCN2CCOCC2)c1O. The van der Waals surface area contributed by atoms with Crippen LogP contribution in [0, 0.1) is 0 Å². The third-order valence-electron chi connectivity index (χ3n) is 3.21. The molecule has 1 heterocycles. The van der Waals surface area contributed by atoms with E-state index in [2.05, 4.69) is 9.89 Å². The highest BCUT2D eigenvalue weighted by atomic mass is 16.5. The van der Waals surface area contributed by atoms with Crippen LogP contribution in [0.25, 0.3) is 0 Å². The van der Waals surface area contributed by atoms with Crippen LogP contribution in [0.4, 0.5) is 0 Å². The molecule has 0 saturated carbocycles. The van der Waals surface area contributed by atoms with Gasteiger partial charge in [-0.05, 0) is 19.1 Å². The molecule has 0 atom stereocenters. The molecule has 1 aliphatic rings. The van der Waals surface area contributed by atoms with Crippen LogP contribution in [0.2, 0.25) is 0 Å². The number of aliphatic imine (C=N–C) groups is 1. The minimum atomic E-state index is 0.157. The summed E-state index contributed by atoms with van der Waals surface area (Å²) >= 11 is 0. The molecule has 0 bridgehead atoms. The van der Waals surface area contributed by atoms with Crippen molar-refractivity contribution in [3.05, 3.63) is 23.8 Å². The van der Waals surface area contributed by atoms with E-state index in [4.69, 9.17) is 9.47 Å². The molecule has 0 aromatic heterocycles. The van der Waals surface area contributed by atoms with Crippen LogP contribution in [0.3, 0.4) is 0 Å². The number of nitrogens with zero attached hydrogens (tertiary/aromatic N) is 2. The summed E-state index contributed by atoms with van der Waals surface area (Å²) in [5.41, 5.74) is 0.693. The van der Waals surface area contributed by atoms with Gasteiger partial charge < -0.3 is 14.6 Å². The number of morpholine rings is 1. The van der Waals surface area contributed by atoms with Gasteiger partial charge in [-0.2, -0.15) is 0 Å². The third kappa shape index (κ3) is 4.21. The van der Waals surface area contributed by atoms with Gasteiger partial charge in [0.25, 0.3) is 0 Å². The minimum absolute atomic E-state index is 0.157. The van der Waals surface area contributed by atoms with Crippen LogP contribution < -0.4 is 4.74 Å². The van der Waals surface area contributed by atoms with Crippen LogP contribution in [-0.4, -0.2) is 62.2 Å². The predicted octanol–water partition coefficient (Wildman–Crippen LogP) is 1.54. The number of ether oxygens (including phenoxy) is 2. The molecule has 0 spiro atoms. The molecular weight excluding hydrogens is 256 g/mol. The second-order valence-electron chi connectivity index (χ2n) is 4.62. The molecule has 20 heavy (non-hydrogen) atoms. The first-order valence-corrected chi connectivity index (χ1v) is 7.06. The molecule has 1 saturated heterocycles. The van der Waals surface area contributed by atoms with Gasteiger partial charge in [0.15, 0.2) is 11.5 Å². The van der Waals surface area contributed by atoms with Gasteiger partial charge in [-0.3, -0.25) is 9.89 Å². The van der Waals surface area contributed by atoms with Crippen molar-refractivity contribution in [3.8, 4) is 11.5 Å². The van der Waals surface area contributed by atoms with Crippen LogP contribution in [0.1, 0.15) is 12.5 Å². The van der Waals surface area contributed by atoms with Gasteiger partial charge in [0, 0.05) is 31.4 Å². The van der Waals surface area contributed by atoms with Crippen molar-refractivity contribution in [2.24, 2.45) is 4.99 Å². The highest BCUT2D eigenvalue weighted by Gasteiger charge is 2.09. The van der Waals surface area contributed by atoms with Gasteiger partial charge in [-0.15, -0.1) is 0 Å². The summed E-state index contributed by atoms with van der Waals surface area (Å²) in [6, 6.07) is 5.44. The molecule has 5 heteroatoms. The van der Waals surface area contributed by atoms with Gasteiger partial charge in [-0.25, -0.2) is 0 Å². The zero-order valence-electron chi connectivity index (χ0n) is 11.9. The number of rotatable bonds is 6. The number of phenolic OH excluding ortho intramolecular Hbond substituents is 1. The fraction of sp³-hybridized carbons (Fsp3) is 0.533. The van der Waals surface area contributed by atoms with E-state index in [0.717, 1.165) is 39.4 Å². The second kappa shape index (κ2) is 7.87. The highest BCUT2D eigenvalue weighted by Crippen LogP contribution is 2.28. The summed E-state index contributed by atoms with van der Waals surface area (Å²) in [6.45, 7) is 7.63. The Morgan fingerprint density at radius 2 is 2.20 bits per heavy atom. The summed E-state index contributed by atoms with van der Waals surface area (Å²) < 4.78 is 10.6. The molecule has 1 aromatic carbocycles. The minimum Gasteiger partial charge on any atom is -0.504 e. The monoisotopic (exact) mass is 278 g/mol. The number of para-hydroxylation sites is 1. The Morgan fingerprint density at radius 3 is 2.95 bits per heavy atom. The predicted molar refractivity (Wildman–Crippen MR) is 79.0 cm³/mol. The van der Waals surface area contributed by atoms with Crippen LogP contribution in [0.15, 0.2) is 23.2 Å². The van der Waals surface area contributed by atoms with E-state index in [1.165, 1.54) is 0 Å². The molecule has 0 aliphatic carbocycles. The largest absolute Gasteiger partial charge is 0.504 e. The normalized spacial score (nSPS) is 16.6. The Kier molecular flexibility index (Phi) is 5.83. The summed E-state index contributed by atoms with van der Waals surface area (Å²) in [4.78, 5) is 6.71. The van der Waals surface area contributed by atoms with E-state index in [1.807, 2.05) is 19.1 Å². The lowest BCUT2D eigenvalue weighted by Crippen LogP contribution is -2.37.